The van der Waals surface area contributed by atoms with Crippen LogP contribution in [0.5, 0.6) is 0 Å². The summed E-state index contributed by atoms with van der Waals surface area (Å²) < 4.78 is 0. The summed E-state index contributed by atoms with van der Waals surface area (Å²) in [5.74, 6) is 1.06. The van der Waals surface area contributed by atoms with Crippen LogP contribution in [0.15, 0.2) is 15.4 Å². The molecule has 0 saturated heterocycles. The van der Waals surface area contributed by atoms with E-state index in [9.17, 15) is 0 Å². The van der Waals surface area contributed by atoms with Crippen molar-refractivity contribution in [3.05, 3.63) is 0 Å². The summed E-state index contributed by atoms with van der Waals surface area (Å²) in [5, 5.41) is 12.0. The molecule has 1 heterocycles. The lowest BCUT2D eigenvalue weighted by Gasteiger charge is -1.88. The minimum Gasteiger partial charge on any atom is -0.162 e. The number of nitrogens with zero attached hydrogens (tertiary/aromatic N) is 3. The van der Waals surface area contributed by atoms with E-state index in [2.05, 4.69) is 22.4 Å². The highest BCUT2D eigenvalue weighted by atomic mass is 32.2. The van der Waals surface area contributed by atoms with E-state index < -0.39 is 0 Å². The lowest BCUT2D eigenvalue weighted by atomic mass is 10.8. The second-order valence-electron chi connectivity index (χ2n) is 1.32. The molecule has 0 N–H and O–H groups in total. The highest BCUT2D eigenvalue weighted by Gasteiger charge is 2.00. The van der Waals surface area contributed by atoms with Crippen LogP contribution in [0.4, 0.5) is 0 Å². The van der Waals surface area contributed by atoms with E-state index >= 15 is 0 Å². The van der Waals surface area contributed by atoms with Gasteiger partial charge in [0.2, 0.25) is 0 Å². The van der Waals surface area contributed by atoms with E-state index in [0.29, 0.717) is 6.54 Å². The molecule has 4 heteroatoms. The Morgan fingerprint density at radius 2 is 2.62 bits per heavy atom. The van der Waals surface area contributed by atoms with Crippen LogP contribution in [-0.4, -0.2) is 17.3 Å². The Morgan fingerprint density at radius 1 is 1.75 bits per heavy atom. The first-order valence-electron chi connectivity index (χ1n) is 2.49. The van der Waals surface area contributed by atoms with Crippen molar-refractivity contribution in [3.8, 4) is 0 Å². The van der Waals surface area contributed by atoms with Crippen LogP contribution in [0.25, 0.3) is 0 Å². The van der Waals surface area contributed by atoms with Crippen molar-refractivity contribution >= 4 is 16.8 Å². The zero-order valence-electron chi connectivity index (χ0n) is 4.66. The van der Waals surface area contributed by atoms with Gasteiger partial charge in [0.05, 0.1) is 0 Å². The summed E-state index contributed by atoms with van der Waals surface area (Å²) in [4.78, 5) is 0. The lowest BCUT2D eigenvalue weighted by molar-refractivity contribution is 1.06. The Labute approximate surface area is 52.3 Å². The largest absolute Gasteiger partial charge is 0.162 e. The summed E-state index contributed by atoms with van der Waals surface area (Å²) in [6.45, 7) is 2.78. The second kappa shape index (κ2) is 2.81. The maximum Gasteiger partial charge on any atom is 0.121 e. The molecule has 0 amide bonds. The van der Waals surface area contributed by atoms with Gasteiger partial charge >= 0.3 is 0 Å². The number of hydrogen-bond acceptors (Lipinski definition) is 4. The lowest BCUT2D eigenvalue weighted by Crippen LogP contribution is -1.91. The van der Waals surface area contributed by atoms with Gasteiger partial charge in [-0.3, -0.25) is 0 Å². The molecule has 0 radical (unpaired) electrons. The Hall–Kier alpha value is -0.380. The monoisotopic (exact) mass is 129 g/mol. The number of rotatable bonds is 1. The van der Waals surface area contributed by atoms with Crippen LogP contribution in [0, 0.1) is 0 Å². The van der Waals surface area contributed by atoms with Crippen LogP contribution in [-0.2, 0) is 0 Å². The molecule has 1 aliphatic heterocycles. The second-order valence-corrected chi connectivity index (χ2v) is 2.65. The topological polar surface area (TPSA) is 37.1 Å². The molecular weight excluding hydrogens is 122 g/mol. The molecule has 8 heavy (non-hydrogen) atoms. The molecule has 0 bridgehead atoms. The molecule has 44 valence electrons. The van der Waals surface area contributed by atoms with Crippen molar-refractivity contribution < 1.29 is 0 Å². The zero-order chi connectivity index (χ0) is 5.82. The van der Waals surface area contributed by atoms with Crippen molar-refractivity contribution in [3.63, 3.8) is 0 Å². The molecule has 1 aliphatic rings. The van der Waals surface area contributed by atoms with E-state index in [1.807, 2.05) is 0 Å². The maximum atomic E-state index is 3.76. The summed E-state index contributed by atoms with van der Waals surface area (Å²) in [7, 11) is 0. The molecule has 0 aromatic carbocycles. The molecule has 0 atom stereocenters. The van der Waals surface area contributed by atoms with Crippen molar-refractivity contribution in [2.45, 2.75) is 6.92 Å². The van der Waals surface area contributed by atoms with Gasteiger partial charge in [-0.2, -0.15) is 5.11 Å². The average molecular weight is 129 g/mol. The molecule has 0 aromatic rings. The maximum absolute atomic E-state index is 3.76. The van der Waals surface area contributed by atoms with Gasteiger partial charge in [0, 0.05) is 0 Å². The molecule has 0 saturated carbocycles. The van der Waals surface area contributed by atoms with Gasteiger partial charge in [-0.05, 0) is 11.0 Å². The van der Waals surface area contributed by atoms with Gasteiger partial charge in [-0.25, -0.2) is 0 Å². The van der Waals surface area contributed by atoms with E-state index in [1.54, 1.807) is 11.8 Å². The molecule has 0 fully saturated rings. The van der Waals surface area contributed by atoms with Gasteiger partial charge < -0.3 is 0 Å². The normalized spacial score (nSPS) is 16.9. The molecular formula is C4H7N3S. The van der Waals surface area contributed by atoms with Crippen LogP contribution < -0.4 is 0 Å². The van der Waals surface area contributed by atoms with Crippen molar-refractivity contribution in [2.75, 3.05) is 12.3 Å². The highest BCUT2D eigenvalue weighted by Crippen LogP contribution is 2.08. The van der Waals surface area contributed by atoms with Crippen LogP contribution >= 0.6 is 11.8 Å². The van der Waals surface area contributed by atoms with Crippen molar-refractivity contribution in [1.29, 1.82) is 0 Å². The first kappa shape index (κ1) is 5.75. The summed E-state index contributed by atoms with van der Waals surface area (Å²) >= 11 is 1.70. The molecule has 0 unspecified atom stereocenters. The fourth-order valence-corrected chi connectivity index (χ4v) is 1.02. The number of thioether (sulfide) groups is 1. The van der Waals surface area contributed by atoms with Crippen LogP contribution in [0.3, 0.4) is 0 Å². The third-order valence-electron chi connectivity index (χ3n) is 0.736. The molecule has 0 aromatic heterocycles. The van der Waals surface area contributed by atoms with Crippen LogP contribution in [0.1, 0.15) is 6.92 Å². The fourth-order valence-electron chi connectivity index (χ4n) is 0.446. The Balaban J connectivity index is 2.28. The first-order chi connectivity index (χ1) is 3.93. The molecule has 0 aliphatic carbocycles. The van der Waals surface area contributed by atoms with Gasteiger partial charge in [-0.15, -0.1) is 16.9 Å². The quantitative estimate of drug-likeness (QED) is 0.528. The third kappa shape index (κ3) is 1.30. The summed E-state index contributed by atoms with van der Waals surface area (Å²) in [6, 6.07) is 0. The standard InChI is InChI=1S/C4H7N3S/c1-2-8-4-3-5-7-6-4/h2-3H2,1H3. The summed E-state index contributed by atoms with van der Waals surface area (Å²) in [5.41, 5.74) is 0. The Kier molecular flexibility index (Phi) is 2.02. The van der Waals surface area contributed by atoms with Gasteiger partial charge in [0.1, 0.15) is 11.6 Å². The minimum atomic E-state index is 0.693. The van der Waals surface area contributed by atoms with E-state index in [1.165, 1.54) is 0 Å². The number of hydrogen-bond donors (Lipinski definition) is 0. The fraction of sp³-hybridized carbons (Fsp3) is 0.750. The predicted molar refractivity (Wildman–Crippen MR) is 35.3 cm³/mol. The smallest absolute Gasteiger partial charge is 0.121 e. The predicted octanol–water partition coefficient (Wildman–Crippen LogP) is 1.52. The minimum absolute atomic E-state index is 0.693. The first-order valence-corrected chi connectivity index (χ1v) is 3.48. The van der Waals surface area contributed by atoms with E-state index in [0.717, 1.165) is 10.8 Å². The SMILES string of the molecule is CCSC1=NN=NC1. The average Bonchev–Trinajstić information content (AvgIpc) is 2.19. The summed E-state index contributed by atoms with van der Waals surface area (Å²) in [6.07, 6.45) is 0. The van der Waals surface area contributed by atoms with Crippen molar-refractivity contribution in [2.24, 2.45) is 15.4 Å². The highest BCUT2D eigenvalue weighted by molar-refractivity contribution is 8.14. The van der Waals surface area contributed by atoms with Crippen molar-refractivity contribution in [1.82, 2.24) is 0 Å². The van der Waals surface area contributed by atoms with Crippen LogP contribution in [0.2, 0.25) is 0 Å². The van der Waals surface area contributed by atoms with Gasteiger partial charge in [0.15, 0.2) is 0 Å². The Bertz CT molecular complexity index is 129. The van der Waals surface area contributed by atoms with E-state index in [4.69, 9.17) is 0 Å². The van der Waals surface area contributed by atoms with Gasteiger partial charge in [-0.1, -0.05) is 6.92 Å². The molecule has 1 rings (SSSR count). The Morgan fingerprint density at radius 3 is 3.12 bits per heavy atom. The molecule has 0 spiro atoms. The zero-order valence-corrected chi connectivity index (χ0v) is 5.48. The van der Waals surface area contributed by atoms with Gasteiger partial charge in [0.25, 0.3) is 0 Å². The van der Waals surface area contributed by atoms with E-state index in [-0.39, 0.29) is 0 Å². The third-order valence-corrected chi connectivity index (χ3v) is 1.57. The molecule has 3 nitrogen and oxygen atoms in total.